The van der Waals surface area contributed by atoms with Gasteiger partial charge in [-0.1, -0.05) is 78.1 Å². The molecule has 0 saturated carbocycles. The molecule has 2 fully saturated rings. The zero-order valence-corrected chi connectivity index (χ0v) is 32.2. The molecule has 2 aliphatic heterocycles. The van der Waals surface area contributed by atoms with Crippen LogP contribution in [0.15, 0.2) is 97.1 Å². The van der Waals surface area contributed by atoms with Crippen molar-refractivity contribution in [2.45, 2.75) is 58.2 Å². The first-order chi connectivity index (χ1) is 27.1. The second kappa shape index (κ2) is 16.7. The van der Waals surface area contributed by atoms with Crippen LogP contribution in [0.5, 0.6) is 5.75 Å². The zero-order valence-electron chi connectivity index (χ0n) is 31.4. The van der Waals surface area contributed by atoms with Crippen LogP contribution in [0, 0.1) is 0 Å². The van der Waals surface area contributed by atoms with Gasteiger partial charge in [-0.15, -0.1) is 0 Å². The molecule has 1 aromatic heterocycles. The number of thiazole rings is 1. The third-order valence-corrected chi connectivity index (χ3v) is 10.7. The smallest absolute Gasteiger partial charge is 0.411 e. The molecule has 0 bridgehead atoms. The topological polar surface area (TPSA) is 163 Å². The quantitative estimate of drug-likeness (QED) is 0.147. The molecule has 2 saturated heterocycles. The Morgan fingerprint density at radius 1 is 0.946 bits per heavy atom. The van der Waals surface area contributed by atoms with Crippen molar-refractivity contribution in [2.75, 3.05) is 31.2 Å². The molecule has 2 aliphatic rings. The number of urea groups is 1. The number of benzene rings is 4. The van der Waals surface area contributed by atoms with Crippen LogP contribution < -0.4 is 21.1 Å². The standard InChI is InChI=1S/C41H44N8O6S/c1-26(2)49(40(52)43-21-28-14-18-32(54-3)19-15-28)47-24-36(50)48-33(20-27-12-16-31(17-13-27)44-41(53)55-25-29-8-5-4-6-9-29)38(51)46(23-35(47)48)22-30-10-7-11-34-37(30)45-39(42)56-34/h4-19,26,33,35H,20-25H2,1-3H3,(H2,42,45)(H,43,52)(H,44,53)/t33-,35+/m0/s1. The average Bonchev–Trinajstić information content (AvgIpc) is 3.74. The third-order valence-electron chi connectivity index (χ3n) is 9.87. The second-order valence-corrected chi connectivity index (χ2v) is 15.0. The number of carbonyl (C=O) groups is 4. The molecule has 3 heterocycles. The lowest BCUT2D eigenvalue weighted by Gasteiger charge is -2.47. The van der Waals surface area contributed by atoms with E-state index >= 15 is 0 Å². The normalized spacial score (nSPS) is 16.9. The molecule has 290 valence electrons. The van der Waals surface area contributed by atoms with Gasteiger partial charge >= 0.3 is 12.1 Å². The first kappa shape index (κ1) is 38.1. The van der Waals surface area contributed by atoms with Gasteiger partial charge in [-0.3, -0.25) is 19.9 Å². The Labute approximate surface area is 328 Å². The number of methoxy groups -OCH3 is 1. The maximum Gasteiger partial charge on any atom is 0.411 e. The number of amides is 5. The maximum absolute atomic E-state index is 14.5. The van der Waals surface area contributed by atoms with E-state index < -0.39 is 18.3 Å². The number of piperazine rings is 1. The summed E-state index contributed by atoms with van der Waals surface area (Å²) in [6, 6.07) is 28.2. The van der Waals surface area contributed by atoms with Crippen LogP contribution in [-0.4, -0.2) is 87.2 Å². The fraction of sp³-hybridized carbons (Fsp3) is 0.293. The van der Waals surface area contributed by atoms with E-state index in [1.165, 1.54) is 11.3 Å². The zero-order chi connectivity index (χ0) is 39.3. The Balaban J connectivity index is 1.12. The van der Waals surface area contributed by atoms with Gasteiger partial charge in [0.05, 0.1) is 30.4 Å². The third kappa shape index (κ3) is 8.38. The minimum Gasteiger partial charge on any atom is -0.497 e. The van der Waals surface area contributed by atoms with E-state index in [2.05, 4.69) is 15.6 Å². The van der Waals surface area contributed by atoms with E-state index in [1.54, 1.807) is 39.1 Å². The number of anilines is 2. The van der Waals surface area contributed by atoms with E-state index in [0.717, 1.165) is 32.5 Å². The van der Waals surface area contributed by atoms with E-state index in [1.807, 2.05) is 98.8 Å². The van der Waals surface area contributed by atoms with Crippen molar-refractivity contribution in [1.29, 1.82) is 0 Å². The molecule has 0 aliphatic carbocycles. The SMILES string of the molecule is COc1ccc(CNC(=O)N(C(C)C)N2CC(=O)N3[C@@H](Cc4ccc(NC(=O)OCc5ccccc5)cc4)C(=O)N(Cc4cccc5sc(N)nc45)C[C@@H]32)cc1. The van der Waals surface area contributed by atoms with Crippen molar-refractivity contribution in [2.24, 2.45) is 0 Å². The van der Waals surface area contributed by atoms with Crippen LogP contribution in [0.1, 0.15) is 36.1 Å². The van der Waals surface area contributed by atoms with Crippen LogP contribution in [0.3, 0.4) is 0 Å². The summed E-state index contributed by atoms with van der Waals surface area (Å²) in [5, 5.41) is 9.54. The van der Waals surface area contributed by atoms with Gasteiger partial charge in [0, 0.05) is 31.2 Å². The number of hydrazine groups is 1. The van der Waals surface area contributed by atoms with Gasteiger partial charge in [-0.2, -0.15) is 5.01 Å². The molecule has 0 unspecified atom stereocenters. The molecular formula is C41H44N8O6S. The molecule has 2 atom stereocenters. The highest BCUT2D eigenvalue weighted by atomic mass is 32.1. The van der Waals surface area contributed by atoms with Gasteiger partial charge in [0.25, 0.3) is 0 Å². The minimum absolute atomic E-state index is 0.0808. The number of nitrogens with zero attached hydrogens (tertiary/aromatic N) is 5. The lowest BCUT2D eigenvalue weighted by molar-refractivity contribution is -0.158. The number of ether oxygens (including phenoxy) is 2. The lowest BCUT2D eigenvalue weighted by atomic mass is 9.99. The summed E-state index contributed by atoms with van der Waals surface area (Å²) in [5.41, 5.74) is 10.7. The van der Waals surface area contributed by atoms with Gasteiger partial charge in [0.15, 0.2) is 5.13 Å². The highest BCUT2D eigenvalue weighted by Crippen LogP contribution is 2.33. The minimum atomic E-state index is -0.864. The molecule has 56 heavy (non-hydrogen) atoms. The lowest BCUT2D eigenvalue weighted by Crippen LogP contribution is -2.66. The van der Waals surface area contributed by atoms with Crippen LogP contribution in [0.25, 0.3) is 10.2 Å². The fourth-order valence-corrected chi connectivity index (χ4v) is 7.98. The molecule has 4 aromatic carbocycles. The predicted molar refractivity (Wildman–Crippen MR) is 213 cm³/mol. The number of fused-ring (bicyclic) bond motifs is 2. The summed E-state index contributed by atoms with van der Waals surface area (Å²) in [6.07, 6.45) is -1.01. The Kier molecular flexibility index (Phi) is 11.3. The highest BCUT2D eigenvalue weighted by molar-refractivity contribution is 7.22. The van der Waals surface area contributed by atoms with Crippen LogP contribution >= 0.6 is 11.3 Å². The van der Waals surface area contributed by atoms with Crippen molar-refractivity contribution in [3.05, 3.63) is 119 Å². The van der Waals surface area contributed by atoms with Gasteiger partial charge in [0.1, 0.15) is 24.6 Å². The number of para-hydroxylation sites is 1. The molecule has 5 aromatic rings. The number of nitrogens with two attached hydrogens (primary N) is 1. The van der Waals surface area contributed by atoms with Gasteiger partial charge in [-0.05, 0) is 66.4 Å². The largest absolute Gasteiger partial charge is 0.497 e. The number of nitrogens with one attached hydrogen (secondary N) is 2. The maximum atomic E-state index is 14.5. The molecular weight excluding hydrogens is 733 g/mol. The van der Waals surface area contributed by atoms with E-state index in [9.17, 15) is 19.2 Å². The van der Waals surface area contributed by atoms with Crippen LogP contribution in [0.4, 0.5) is 20.4 Å². The summed E-state index contributed by atoms with van der Waals surface area (Å²) < 4.78 is 11.5. The highest BCUT2D eigenvalue weighted by Gasteiger charge is 2.52. The summed E-state index contributed by atoms with van der Waals surface area (Å²) in [5.74, 6) is 0.241. The summed E-state index contributed by atoms with van der Waals surface area (Å²) in [4.78, 5) is 62.8. The number of carbonyl (C=O) groups excluding carboxylic acids is 4. The molecule has 0 spiro atoms. The molecule has 14 nitrogen and oxygen atoms in total. The Bertz CT molecular complexity index is 2200. The number of nitrogen functional groups attached to an aromatic ring is 1. The number of hydrogen-bond donors (Lipinski definition) is 3. The molecule has 0 radical (unpaired) electrons. The Morgan fingerprint density at radius 3 is 2.39 bits per heavy atom. The Hall–Kier alpha value is -6.19. The summed E-state index contributed by atoms with van der Waals surface area (Å²) in [7, 11) is 1.60. The van der Waals surface area contributed by atoms with Crippen molar-refractivity contribution in [1.82, 2.24) is 30.1 Å². The summed E-state index contributed by atoms with van der Waals surface area (Å²) in [6.45, 7) is 4.51. The first-order valence-electron chi connectivity index (χ1n) is 18.3. The van der Waals surface area contributed by atoms with Crippen LogP contribution in [0.2, 0.25) is 0 Å². The van der Waals surface area contributed by atoms with Crippen molar-refractivity contribution >= 4 is 56.3 Å². The van der Waals surface area contributed by atoms with Crippen molar-refractivity contribution in [3.8, 4) is 5.75 Å². The average molecular weight is 777 g/mol. The van der Waals surface area contributed by atoms with Gasteiger partial charge < -0.3 is 30.3 Å². The van der Waals surface area contributed by atoms with Crippen LogP contribution in [-0.2, 0) is 40.4 Å². The fourth-order valence-electron chi connectivity index (χ4n) is 7.19. The van der Waals surface area contributed by atoms with E-state index in [0.29, 0.717) is 16.6 Å². The molecule has 7 rings (SSSR count). The number of aromatic nitrogens is 1. The van der Waals surface area contributed by atoms with Gasteiger partial charge in [0.2, 0.25) is 11.8 Å². The number of rotatable bonds is 12. The molecule has 5 amide bonds. The second-order valence-electron chi connectivity index (χ2n) is 14.0. The summed E-state index contributed by atoms with van der Waals surface area (Å²) >= 11 is 1.38. The van der Waals surface area contributed by atoms with Crippen molar-refractivity contribution < 1.29 is 28.7 Å². The first-order valence-corrected chi connectivity index (χ1v) is 19.2. The number of hydrogen-bond acceptors (Lipinski definition) is 10. The monoisotopic (exact) mass is 776 g/mol. The van der Waals surface area contributed by atoms with Gasteiger partial charge in [-0.25, -0.2) is 14.6 Å². The molecule has 4 N–H and O–H groups in total. The van der Waals surface area contributed by atoms with E-state index in [4.69, 9.17) is 15.2 Å². The van der Waals surface area contributed by atoms with Crippen molar-refractivity contribution in [3.63, 3.8) is 0 Å². The predicted octanol–water partition coefficient (Wildman–Crippen LogP) is 5.59. The van der Waals surface area contributed by atoms with E-state index in [-0.39, 0.29) is 63.1 Å². The molecule has 15 heteroatoms. The Morgan fingerprint density at radius 2 is 1.68 bits per heavy atom.